The first-order valence-corrected chi connectivity index (χ1v) is 6.04. The van der Waals surface area contributed by atoms with Crippen LogP contribution in [0.25, 0.3) is 0 Å². The van der Waals surface area contributed by atoms with Gasteiger partial charge in [-0.25, -0.2) is 9.59 Å². The fourth-order valence-electron chi connectivity index (χ4n) is 0.466. The molecular formula is C13H18F6O6. The molecular weight excluding hydrogens is 366 g/mol. The van der Waals surface area contributed by atoms with Gasteiger partial charge in [-0.2, -0.15) is 26.3 Å². The van der Waals surface area contributed by atoms with E-state index >= 15 is 0 Å². The van der Waals surface area contributed by atoms with Crippen LogP contribution in [0.2, 0.25) is 0 Å². The molecule has 0 aliphatic rings. The number of hydrogen-bond acceptors (Lipinski definition) is 4. The standard InChI is InChI=1S/C5H6F6O2.2C4H6O2/c6-3(7,1-12)5(10,11)4(8,9)2-13;2*1-3(2)4(5)6/h12-13H,1-2H2;2*1H2,2H3,(H,5,6). The number of aliphatic hydroxyl groups excluding tert-OH is 2. The maximum absolute atomic E-state index is 12.2. The number of halogens is 6. The van der Waals surface area contributed by atoms with Gasteiger partial charge in [0.15, 0.2) is 0 Å². The number of hydrogen-bond donors (Lipinski definition) is 4. The van der Waals surface area contributed by atoms with E-state index in [0.29, 0.717) is 0 Å². The van der Waals surface area contributed by atoms with Crippen molar-refractivity contribution in [3.8, 4) is 0 Å². The van der Waals surface area contributed by atoms with Crippen molar-refractivity contribution in [1.82, 2.24) is 0 Å². The Balaban J connectivity index is -0.000000336. The molecule has 0 saturated heterocycles. The molecule has 0 heterocycles. The number of aliphatic hydroxyl groups is 2. The first-order valence-electron chi connectivity index (χ1n) is 6.04. The van der Waals surface area contributed by atoms with Crippen molar-refractivity contribution in [2.75, 3.05) is 13.2 Å². The van der Waals surface area contributed by atoms with Crippen LogP contribution in [0.3, 0.4) is 0 Å². The average molecular weight is 384 g/mol. The number of aliphatic carboxylic acids is 2. The average Bonchev–Trinajstić information content (AvgIpc) is 2.47. The normalized spacial score (nSPS) is 11.3. The van der Waals surface area contributed by atoms with Crippen molar-refractivity contribution in [1.29, 1.82) is 0 Å². The quantitative estimate of drug-likeness (QED) is 0.412. The first kappa shape index (κ1) is 27.8. The molecule has 0 aliphatic heterocycles. The molecule has 25 heavy (non-hydrogen) atoms. The van der Waals surface area contributed by atoms with Crippen molar-refractivity contribution in [3.63, 3.8) is 0 Å². The molecule has 0 amide bonds. The van der Waals surface area contributed by atoms with Crippen LogP contribution in [0.4, 0.5) is 26.3 Å². The van der Waals surface area contributed by atoms with Crippen LogP contribution in [0.5, 0.6) is 0 Å². The van der Waals surface area contributed by atoms with Crippen molar-refractivity contribution in [2.24, 2.45) is 0 Å². The van der Waals surface area contributed by atoms with Gasteiger partial charge in [0, 0.05) is 11.1 Å². The number of carboxylic acid groups (broad SMARTS) is 2. The Morgan fingerprint density at radius 2 is 0.920 bits per heavy atom. The predicted octanol–water partition coefficient (Wildman–Crippen LogP) is 2.17. The highest BCUT2D eigenvalue weighted by Crippen LogP contribution is 2.44. The highest BCUT2D eigenvalue weighted by molar-refractivity contribution is 5.85. The van der Waals surface area contributed by atoms with Crippen LogP contribution in [0.1, 0.15) is 13.8 Å². The molecule has 148 valence electrons. The summed E-state index contributed by atoms with van der Waals surface area (Å²) in [5.41, 5.74) is 0.352. The van der Waals surface area contributed by atoms with Crippen LogP contribution in [-0.4, -0.2) is 63.3 Å². The molecule has 4 N–H and O–H groups in total. The number of carbonyl (C=O) groups is 2. The van der Waals surface area contributed by atoms with E-state index in [-0.39, 0.29) is 11.1 Å². The smallest absolute Gasteiger partial charge is 0.376 e. The lowest BCUT2D eigenvalue weighted by Crippen LogP contribution is -2.57. The summed E-state index contributed by atoms with van der Waals surface area (Å²) in [5, 5.41) is 31.3. The lowest BCUT2D eigenvalue weighted by Gasteiger charge is -2.30. The summed E-state index contributed by atoms with van der Waals surface area (Å²) in [6.45, 7) is 4.36. The summed E-state index contributed by atoms with van der Waals surface area (Å²) in [5.74, 6) is -18.2. The molecule has 0 spiro atoms. The van der Waals surface area contributed by atoms with Gasteiger partial charge < -0.3 is 20.4 Å². The molecule has 0 bridgehead atoms. The molecule has 12 heteroatoms. The lowest BCUT2D eigenvalue weighted by molar-refractivity contribution is -0.323. The number of rotatable bonds is 6. The molecule has 0 radical (unpaired) electrons. The molecule has 0 unspecified atom stereocenters. The van der Waals surface area contributed by atoms with Gasteiger partial charge in [0.1, 0.15) is 13.2 Å². The zero-order valence-electron chi connectivity index (χ0n) is 13.2. The second-order valence-electron chi connectivity index (χ2n) is 4.47. The summed E-state index contributed by atoms with van der Waals surface area (Å²) in [6, 6.07) is 0. The zero-order chi connectivity index (χ0) is 21.2. The second kappa shape index (κ2) is 10.7. The van der Waals surface area contributed by atoms with E-state index in [1.807, 2.05) is 0 Å². The Kier molecular flexibility index (Phi) is 11.9. The highest BCUT2D eigenvalue weighted by Gasteiger charge is 2.70. The Morgan fingerprint density at radius 1 is 0.760 bits per heavy atom. The van der Waals surface area contributed by atoms with E-state index in [4.69, 9.17) is 20.4 Å². The fourth-order valence-corrected chi connectivity index (χ4v) is 0.466. The highest BCUT2D eigenvalue weighted by atomic mass is 19.3. The summed E-state index contributed by atoms with van der Waals surface area (Å²) in [6.07, 6.45) is 0. The van der Waals surface area contributed by atoms with Gasteiger partial charge in [0.05, 0.1) is 0 Å². The Bertz CT molecular complexity index is 423. The van der Waals surface area contributed by atoms with Crippen LogP contribution in [0.15, 0.2) is 24.3 Å². The third-order valence-electron chi connectivity index (χ3n) is 2.05. The number of carboxylic acids is 2. The van der Waals surface area contributed by atoms with Gasteiger partial charge >= 0.3 is 29.7 Å². The van der Waals surface area contributed by atoms with Gasteiger partial charge in [-0.15, -0.1) is 0 Å². The van der Waals surface area contributed by atoms with Gasteiger partial charge in [-0.05, 0) is 13.8 Å². The molecule has 0 aromatic carbocycles. The maximum atomic E-state index is 12.2. The minimum Gasteiger partial charge on any atom is -0.478 e. The van der Waals surface area contributed by atoms with Crippen LogP contribution < -0.4 is 0 Å². The summed E-state index contributed by atoms with van der Waals surface area (Å²) < 4.78 is 72.4. The molecule has 0 fully saturated rings. The Labute approximate surface area is 138 Å². The van der Waals surface area contributed by atoms with E-state index in [2.05, 4.69) is 13.2 Å². The van der Waals surface area contributed by atoms with Crippen molar-refractivity contribution < 1.29 is 56.4 Å². The molecule has 0 rings (SSSR count). The van der Waals surface area contributed by atoms with Crippen molar-refractivity contribution in [2.45, 2.75) is 31.6 Å². The number of alkyl halides is 6. The summed E-state index contributed by atoms with van der Waals surface area (Å²) >= 11 is 0. The van der Waals surface area contributed by atoms with E-state index in [1.165, 1.54) is 13.8 Å². The Hall–Kier alpha value is -2.08. The van der Waals surface area contributed by atoms with E-state index in [9.17, 15) is 35.9 Å². The zero-order valence-corrected chi connectivity index (χ0v) is 13.2. The van der Waals surface area contributed by atoms with Gasteiger partial charge in [0.25, 0.3) is 0 Å². The topological polar surface area (TPSA) is 115 Å². The monoisotopic (exact) mass is 384 g/mol. The summed E-state index contributed by atoms with van der Waals surface area (Å²) in [7, 11) is 0. The van der Waals surface area contributed by atoms with Gasteiger partial charge in [-0.3, -0.25) is 0 Å². The Morgan fingerprint density at radius 3 is 1.00 bits per heavy atom. The van der Waals surface area contributed by atoms with Crippen molar-refractivity contribution in [3.05, 3.63) is 24.3 Å². The van der Waals surface area contributed by atoms with Crippen LogP contribution >= 0.6 is 0 Å². The molecule has 0 saturated carbocycles. The first-order chi connectivity index (χ1) is 10.9. The third-order valence-corrected chi connectivity index (χ3v) is 2.05. The second-order valence-corrected chi connectivity index (χ2v) is 4.47. The SMILES string of the molecule is C=C(C)C(=O)O.C=C(C)C(=O)O.OCC(F)(F)C(F)(F)C(F)(F)CO. The lowest BCUT2D eigenvalue weighted by atomic mass is 10.1. The van der Waals surface area contributed by atoms with Gasteiger partial charge in [0.2, 0.25) is 0 Å². The third kappa shape index (κ3) is 9.72. The van der Waals surface area contributed by atoms with Crippen LogP contribution in [0, 0.1) is 0 Å². The van der Waals surface area contributed by atoms with Crippen LogP contribution in [-0.2, 0) is 9.59 Å². The van der Waals surface area contributed by atoms with E-state index in [0.717, 1.165) is 0 Å². The molecule has 0 aliphatic carbocycles. The molecule has 6 nitrogen and oxygen atoms in total. The van der Waals surface area contributed by atoms with Crippen molar-refractivity contribution >= 4 is 11.9 Å². The fraction of sp³-hybridized carbons (Fsp3) is 0.538. The van der Waals surface area contributed by atoms with E-state index < -0.39 is 42.9 Å². The van der Waals surface area contributed by atoms with Gasteiger partial charge in [-0.1, -0.05) is 13.2 Å². The molecule has 0 atom stereocenters. The minimum absolute atomic E-state index is 0.176. The molecule has 0 aromatic heterocycles. The largest absolute Gasteiger partial charge is 0.478 e. The van der Waals surface area contributed by atoms with E-state index in [1.54, 1.807) is 0 Å². The minimum atomic E-state index is -5.77. The predicted molar refractivity (Wildman–Crippen MR) is 73.9 cm³/mol. The maximum Gasteiger partial charge on any atom is 0.376 e. The summed E-state index contributed by atoms with van der Waals surface area (Å²) in [4.78, 5) is 19.2. The molecule has 0 aromatic rings.